The molecule has 166 valence electrons. The van der Waals surface area contributed by atoms with Crippen molar-refractivity contribution in [3.63, 3.8) is 0 Å². The molecular formula is C26H30N4O2. The van der Waals surface area contributed by atoms with Gasteiger partial charge >= 0.3 is 0 Å². The van der Waals surface area contributed by atoms with E-state index in [1.165, 1.54) is 5.69 Å². The number of benzene rings is 1. The number of carbonyl (C=O) groups excluding carboxylic acids is 1. The monoisotopic (exact) mass is 430 g/mol. The average Bonchev–Trinajstić information content (AvgIpc) is 3.49. The highest BCUT2D eigenvalue weighted by Crippen LogP contribution is 2.43. The Hall–Kier alpha value is -3.15. The lowest BCUT2D eigenvalue weighted by molar-refractivity contribution is -0.138. The maximum absolute atomic E-state index is 14.0. The van der Waals surface area contributed by atoms with Crippen LogP contribution in [0.3, 0.4) is 0 Å². The molecule has 1 amide bonds. The molecule has 6 heteroatoms. The number of rotatable bonds is 6. The molecule has 3 aromatic rings. The summed E-state index contributed by atoms with van der Waals surface area (Å²) in [5.74, 6) is 0.859. The maximum Gasteiger partial charge on any atom is 0.233 e. The van der Waals surface area contributed by atoms with Gasteiger partial charge < -0.3 is 9.64 Å². The zero-order chi connectivity index (χ0) is 22.0. The molecule has 2 aliphatic rings. The molecule has 1 aromatic carbocycles. The van der Waals surface area contributed by atoms with E-state index >= 15 is 0 Å². The van der Waals surface area contributed by atoms with Gasteiger partial charge in [-0.3, -0.25) is 9.48 Å². The number of aryl methyl sites for hydroxylation is 1. The number of pyridine rings is 1. The second-order valence-corrected chi connectivity index (χ2v) is 8.78. The Balaban J connectivity index is 1.41. The largest absolute Gasteiger partial charge is 0.471 e. The summed E-state index contributed by atoms with van der Waals surface area (Å²) in [6.45, 7) is 4.62. The van der Waals surface area contributed by atoms with Crippen LogP contribution in [0.25, 0.3) is 0 Å². The third-order valence-corrected chi connectivity index (χ3v) is 6.99. The molecule has 0 saturated heterocycles. The number of carbonyl (C=O) groups is 1. The highest BCUT2D eigenvalue weighted by atomic mass is 16.5. The summed E-state index contributed by atoms with van der Waals surface area (Å²) in [4.78, 5) is 20.3. The fraction of sp³-hybridized carbons (Fsp3) is 0.423. The Morgan fingerprint density at radius 3 is 2.59 bits per heavy atom. The van der Waals surface area contributed by atoms with Crippen molar-refractivity contribution in [3.8, 4) is 5.88 Å². The van der Waals surface area contributed by atoms with Gasteiger partial charge in [0.15, 0.2) is 0 Å². The quantitative estimate of drug-likeness (QED) is 0.586. The van der Waals surface area contributed by atoms with Crippen LogP contribution in [0.5, 0.6) is 5.88 Å². The second kappa shape index (κ2) is 8.77. The van der Waals surface area contributed by atoms with Gasteiger partial charge in [0, 0.05) is 49.6 Å². The van der Waals surface area contributed by atoms with Gasteiger partial charge in [-0.25, -0.2) is 4.98 Å². The van der Waals surface area contributed by atoms with Gasteiger partial charge in [0.1, 0.15) is 12.3 Å². The number of amides is 1. The van der Waals surface area contributed by atoms with E-state index in [0.29, 0.717) is 19.0 Å². The molecule has 0 unspecified atom stereocenters. The third kappa shape index (κ3) is 3.68. The van der Waals surface area contributed by atoms with E-state index in [1.54, 1.807) is 6.20 Å². The van der Waals surface area contributed by atoms with Gasteiger partial charge in [-0.15, -0.1) is 0 Å². The van der Waals surface area contributed by atoms with Crippen molar-refractivity contribution in [2.24, 2.45) is 0 Å². The fourth-order valence-corrected chi connectivity index (χ4v) is 5.35. The Morgan fingerprint density at radius 2 is 1.88 bits per heavy atom. The molecule has 32 heavy (non-hydrogen) atoms. The average molecular weight is 431 g/mol. The maximum atomic E-state index is 14.0. The van der Waals surface area contributed by atoms with E-state index in [9.17, 15) is 4.79 Å². The van der Waals surface area contributed by atoms with E-state index in [0.717, 1.165) is 62.0 Å². The lowest BCUT2D eigenvalue weighted by Crippen LogP contribution is -2.47. The van der Waals surface area contributed by atoms with Gasteiger partial charge in [0.2, 0.25) is 11.8 Å². The van der Waals surface area contributed by atoms with Gasteiger partial charge in [-0.1, -0.05) is 49.2 Å². The predicted octanol–water partition coefficient (Wildman–Crippen LogP) is 4.27. The molecule has 6 nitrogen and oxygen atoms in total. The minimum absolute atomic E-state index is 0.271. The smallest absolute Gasteiger partial charge is 0.233 e. The number of hydrogen-bond acceptors (Lipinski definition) is 4. The minimum atomic E-state index is -0.385. The molecule has 0 N–H and O–H groups in total. The van der Waals surface area contributed by atoms with Crippen molar-refractivity contribution in [1.82, 2.24) is 19.7 Å². The third-order valence-electron chi connectivity index (χ3n) is 6.99. The Morgan fingerprint density at radius 1 is 1.09 bits per heavy atom. The van der Waals surface area contributed by atoms with Crippen LogP contribution in [0.2, 0.25) is 0 Å². The topological polar surface area (TPSA) is 60.2 Å². The van der Waals surface area contributed by atoms with Gasteiger partial charge in [0.25, 0.3) is 0 Å². The number of ether oxygens (including phenoxy) is 1. The van der Waals surface area contributed by atoms with Crippen LogP contribution >= 0.6 is 0 Å². The summed E-state index contributed by atoms with van der Waals surface area (Å²) in [6.07, 6.45) is 6.64. The summed E-state index contributed by atoms with van der Waals surface area (Å²) >= 11 is 0. The first-order valence-electron chi connectivity index (χ1n) is 11.7. The summed E-state index contributed by atoms with van der Waals surface area (Å²) in [5, 5.41) is 4.82. The number of aromatic nitrogens is 3. The molecular weight excluding hydrogens is 400 g/mol. The molecule has 3 heterocycles. The van der Waals surface area contributed by atoms with Crippen LogP contribution in [0.15, 0.2) is 54.7 Å². The van der Waals surface area contributed by atoms with E-state index in [-0.39, 0.29) is 11.3 Å². The summed E-state index contributed by atoms with van der Waals surface area (Å²) in [6, 6.07) is 16.0. The zero-order valence-electron chi connectivity index (χ0n) is 18.7. The molecule has 0 atom stereocenters. The first-order valence-corrected chi connectivity index (χ1v) is 11.7. The van der Waals surface area contributed by atoms with Gasteiger partial charge in [0.05, 0.1) is 5.41 Å². The molecule has 0 radical (unpaired) electrons. The second-order valence-electron chi connectivity index (χ2n) is 8.78. The van der Waals surface area contributed by atoms with Gasteiger partial charge in [-0.05, 0) is 31.4 Å². The number of fused-ring (bicyclic) bond motifs is 1. The van der Waals surface area contributed by atoms with E-state index in [4.69, 9.17) is 9.84 Å². The highest BCUT2D eigenvalue weighted by Gasteiger charge is 2.45. The van der Waals surface area contributed by atoms with Crippen molar-refractivity contribution < 1.29 is 9.53 Å². The molecule has 1 aliphatic heterocycles. The first-order chi connectivity index (χ1) is 15.7. The predicted molar refractivity (Wildman–Crippen MR) is 122 cm³/mol. The first kappa shape index (κ1) is 20.7. The van der Waals surface area contributed by atoms with E-state index < -0.39 is 0 Å². The Labute approximate surface area is 189 Å². The minimum Gasteiger partial charge on any atom is -0.471 e. The molecule has 1 saturated carbocycles. The zero-order valence-corrected chi connectivity index (χ0v) is 18.7. The normalized spacial score (nSPS) is 17.2. The van der Waals surface area contributed by atoms with Crippen LogP contribution in [-0.2, 0) is 36.3 Å². The Kier molecular flexibility index (Phi) is 5.68. The fourth-order valence-electron chi connectivity index (χ4n) is 5.35. The van der Waals surface area contributed by atoms with Crippen molar-refractivity contribution in [1.29, 1.82) is 0 Å². The van der Waals surface area contributed by atoms with E-state index in [2.05, 4.69) is 45.8 Å². The van der Waals surface area contributed by atoms with Gasteiger partial charge in [-0.2, -0.15) is 5.10 Å². The molecule has 0 bridgehead atoms. The van der Waals surface area contributed by atoms with E-state index in [1.807, 2.05) is 24.3 Å². The number of nitrogens with zero attached hydrogens (tertiary/aromatic N) is 4. The molecule has 5 rings (SSSR count). The SMILES string of the molecule is CCn1nc(COc2ccccn2)c2c1CCN(C(=O)C1(c3ccccc3)CCCC1)C2. The van der Waals surface area contributed by atoms with Crippen LogP contribution in [0, 0.1) is 0 Å². The van der Waals surface area contributed by atoms with Crippen LogP contribution in [-0.4, -0.2) is 32.1 Å². The standard InChI is InChI=1S/C26H30N4O2/c1-2-30-23-13-17-29(18-21(23)22(28-30)19-32-24-12-6-9-16-27-24)25(31)26(14-7-8-15-26)20-10-4-3-5-11-20/h3-6,9-12,16H,2,7-8,13-15,17-19H2,1H3. The van der Waals surface area contributed by atoms with Crippen molar-refractivity contribution in [2.45, 2.75) is 64.1 Å². The lowest BCUT2D eigenvalue weighted by atomic mass is 9.77. The Bertz CT molecular complexity index is 1070. The lowest BCUT2D eigenvalue weighted by Gasteiger charge is -2.37. The molecule has 1 aliphatic carbocycles. The van der Waals surface area contributed by atoms with Crippen molar-refractivity contribution in [3.05, 3.63) is 77.2 Å². The van der Waals surface area contributed by atoms with Crippen LogP contribution in [0.1, 0.15) is 55.1 Å². The molecule has 2 aromatic heterocycles. The highest BCUT2D eigenvalue weighted by molar-refractivity contribution is 5.89. The molecule has 0 spiro atoms. The number of hydrogen-bond donors (Lipinski definition) is 0. The summed E-state index contributed by atoms with van der Waals surface area (Å²) in [5.41, 5.74) is 4.06. The van der Waals surface area contributed by atoms with Crippen molar-refractivity contribution >= 4 is 5.91 Å². The molecule has 1 fully saturated rings. The summed E-state index contributed by atoms with van der Waals surface area (Å²) < 4.78 is 7.98. The summed E-state index contributed by atoms with van der Waals surface area (Å²) in [7, 11) is 0. The van der Waals surface area contributed by atoms with Crippen LogP contribution in [0.4, 0.5) is 0 Å². The van der Waals surface area contributed by atoms with Crippen molar-refractivity contribution in [2.75, 3.05) is 6.54 Å². The van der Waals surface area contributed by atoms with Crippen LogP contribution < -0.4 is 4.74 Å².